The number of hydrogen-bond acceptors (Lipinski definition) is 6. The second-order valence-corrected chi connectivity index (χ2v) is 7.61. The summed E-state index contributed by atoms with van der Waals surface area (Å²) in [5, 5.41) is 15.1. The highest BCUT2D eigenvalue weighted by Gasteiger charge is 2.30. The van der Waals surface area contributed by atoms with E-state index in [1.54, 1.807) is 4.90 Å². The number of likely N-dealkylation sites (tertiary alicyclic amines) is 1. The van der Waals surface area contributed by atoms with Gasteiger partial charge in [0.05, 0.1) is 6.04 Å². The Balaban J connectivity index is 1.71. The molecule has 2 aliphatic heterocycles. The van der Waals surface area contributed by atoms with Crippen LogP contribution >= 0.6 is 0 Å². The van der Waals surface area contributed by atoms with Crippen molar-refractivity contribution in [3.63, 3.8) is 0 Å². The maximum atomic E-state index is 12.3. The van der Waals surface area contributed by atoms with E-state index in [0.717, 1.165) is 19.3 Å². The molecule has 0 unspecified atom stereocenters. The highest BCUT2D eigenvalue weighted by Crippen LogP contribution is 2.16. The minimum atomic E-state index is -0.490. The van der Waals surface area contributed by atoms with Crippen LogP contribution < -0.4 is 16.1 Å². The van der Waals surface area contributed by atoms with Crippen LogP contribution in [0.1, 0.15) is 46.5 Å². The van der Waals surface area contributed by atoms with Crippen LogP contribution in [-0.2, 0) is 9.53 Å². The Morgan fingerprint density at radius 2 is 1.79 bits per heavy atom. The molecule has 0 bridgehead atoms. The van der Waals surface area contributed by atoms with E-state index >= 15 is 0 Å². The van der Waals surface area contributed by atoms with Crippen molar-refractivity contribution >= 4 is 12.0 Å². The van der Waals surface area contributed by atoms with Crippen molar-refractivity contribution in [2.45, 2.75) is 70.2 Å². The number of hydroxylamine groups is 1. The molecule has 2 fully saturated rings. The molecular formula is C16H30N4O4. The predicted octanol–water partition coefficient (Wildman–Crippen LogP) is 0.602. The number of nitrogens with zero attached hydrogens (tertiary/aromatic N) is 1. The summed E-state index contributed by atoms with van der Waals surface area (Å²) >= 11 is 0. The largest absolute Gasteiger partial charge is 0.444 e. The third kappa shape index (κ3) is 5.61. The molecule has 0 spiro atoms. The molecule has 8 heteroatoms. The van der Waals surface area contributed by atoms with Crippen LogP contribution in [0.3, 0.4) is 0 Å². The molecule has 0 aromatic carbocycles. The van der Waals surface area contributed by atoms with E-state index in [2.05, 4.69) is 16.1 Å². The lowest BCUT2D eigenvalue weighted by Gasteiger charge is -2.35. The van der Waals surface area contributed by atoms with Crippen LogP contribution in [0.25, 0.3) is 0 Å². The molecule has 0 radical (unpaired) electrons. The number of rotatable bonds is 3. The summed E-state index contributed by atoms with van der Waals surface area (Å²) in [5.41, 5.74) is 1.74. The zero-order chi connectivity index (χ0) is 17.7. The molecule has 4 N–H and O–H groups in total. The number of carbonyl (C=O) groups is 2. The topological polar surface area (TPSA) is 103 Å². The lowest BCUT2D eigenvalue weighted by Crippen LogP contribution is -2.56. The minimum absolute atomic E-state index is 0.00195. The molecule has 2 amide bonds. The summed E-state index contributed by atoms with van der Waals surface area (Å²) in [6.07, 6.45) is 2.64. The summed E-state index contributed by atoms with van der Waals surface area (Å²) in [7, 11) is 0. The monoisotopic (exact) mass is 342 g/mol. The number of ether oxygens (including phenoxy) is 1. The zero-order valence-electron chi connectivity index (χ0n) is 14.8. The third-order valence-electron chi connectivity index (χ3n) is 4.41. The molecule has 2 heterocycles. The van der Waals surface area contributed by atoms with Crippen LogP contribution in [0.4, 0.5) is 4.79 Å². The Bertz CT molecular complexity index is 436. The SMILES string of the molecule is CC(C)(C)OC(=O)N1CCC(NC(=O)[C@@H]2CC[C@@H](NO)CN2)CC1. The Hall–Kier alpha value is -1.38. The van der Waals surface area contributed by atoms with Crippen molar-refractivity contribution in [2.75, 3.05) is 19.6 Å². The maximum absolute atomic E-state index is 12.3. The first-order valence-corrected chi connectivity index (χ1v) is 8.70. The molecule has 2 rings (SSSR count). The number of piperidine rings is 2. The molecular weight excluding hydrogens is 312 g/mol. The van der Waals surface area contributed by atoms with Crippen LogP contribution in [0, 0.1) is 0 Å². The van der Waals surface area contributed by atoms with E-state index < -0.39 is 5.60 Å². The predicted molar refractivity (Wildman–Crippen MR) is 88.7 cm³/mol. The lowest BCUT2D eigenvalue weighted by molar-refractivity contribution is -0.124. The quantitative estimate of drug-likeness (QED) is 0.560. The van der Waals surface area contributed by atoms with Crippen molar-refractivity contribution in [1.29, 1.82) is 0 Å². The summed E-state index contributed by atoms with van der Waals surface area (Å²) < 4.78 is 5.37. The highest BCUT2D eigenvalue weighted by molar-refractivity contribution is 5.82. The van der Waals surface area contributed by atoms with Crippen molar-refractivity contribution in [3.8, 4) is 0 Å². The van der Waals surface area contributed by atoms with Gasteiger partial charge in [0.1, 0.15) is 5.60 Å². The van der Waals surface area contributed by atoms with Crippen LogP contribution in [0.2, 0.25) is 0 Å². The lowest BCUT2D eigenvalue weighted by atomic mass is 9.99. The van der Waals surface area contributed by atoms with Gasteiger partial charge < -0.3 is 25.5 Å². The van der Waals surface area contributed by atoms with Crippen LogP contribution in [0.5, 0.6) is 0 Å². The van der Waals surface area contributed by atoms with Gasteiger partial charge in [-0.15, -0.1) is 0 Å². The maximum Gasteiger partial charge on any atom is 0.410 e. The Morgan fingerprint density at radius 1 is 1.12 bits per heavy atom. The van der Waals surface area contributed by atoms with Crippen LogP contribution in [-0.4, -0.2) is 65.5 Å². The Kier molecular flexibility index (Phi) is 6.42. The number of nitrogens with one attached hydrogen (secondary N) is 3. The van der Waals surface area contributed by atoms with Gasteiger partial charge in [-0.1, -0.05) is 0 Å². The fourth-order valence-electron chi connectivity index (χ4n) is 3.03. The molecule has 2 aliphatic rings. The highest BCUT2D eigenvalue weighted by atomic mass is 16.6. The molecule has 24 heavy (non-hydrogen) atoms. The van der Waals surface area contributed by atoms with Gasteiger partial charge in [0.25, 0.3) is 0 Å². The molecule has 0 aromatic rings. The molecule has 2 atom stereocenters. The normalized spacial score (nSPS) is 26.1. The fraction of sp³-hybridized carbons (Fsp3) is 0.875. The standard InChI is InChI=1S/C16H30N4O4/c1-16(2,3)24-15(22)20-8-6-11(7-9-20)18-14(21)13-5-4-12(19-23)10-17-13/h11-13,17,19,23H,4-10H2,1-3H3,(H,18,21)/t12-,13+/m1/s1. The van der Waals surface area contributed by atoms with E-state index in [1.165, 1.54) is 0 Å². The first-order chi connectivity index (χ1) is 11.3. The van der Waals surface area contributed by atoms with Gasteiger partial charge in [0.2, 0.25) is 5.91 Å². The molecule has 2 saturated heterocycles. The summed E-state index contributed by atoms with van der Waals surface area (Å²) in [5.74, 6) is 0.00195. The van der Waals surface area contributed by atoms with E-state index in [-0.39, 0.29) is 30.1 Å². The molecule has 8 nitrogen and oxygen atoms in total. The van der Waals surface area contributed by atoms with Gasteiger partial charge in [-0.3, -0.25) is 4.79 Å². The molecule has 138 valence electrons. The third-order valence-corrected chi connectivity index (χ3v) is 4.41. The van der Waals surface area contributed by atoms with E-state index in [1.807, 2.05) is 20.8 Å². The van der Waals surface area contributed by atoms with Crippen LogP contribution in [0.15, 0.2) is 0 Å². The molecule has 0 saturated carbocycles. The number of amides is 2. The average Bonchev–Trinajstić information content (AvgIpc) is 2.54. The van der Waals surface area contributed by atoms with Gasteiger partial charge in [0, 0.05) is 31.7 Å². The number of hydrogen-bond donors (Lipinski definition) is 4. The first-order valence-electron chi connectivity index (χ1n) is 8.70. The Labute approximate surface area is 143 Å². The zero-order valence-corrected chi connectivity index (χ0v) is 14.8. The average molecular weight is 342 g/mol. The van der Waals surface area contributed by atoms with Crippen molar-refractivity contribution < 1.29 is 19.5 Å². The molecule has 0 aliphatic carbocycles. The van der Waals surface area contributed by atoms with E-state index in [4.69, 9.17) is 9.94 Å². The summed E-state index contributed by atoms with van der Waals surface area (Å²) in [4.78, 5) is 26.0. The Morgan fingerprint density at radius 3 is 2.29 bits per heavy atom. The van der Waals surface area contributed by atoms with Gasteiger partial charge >= 0.3 is 6.09 Å². The van der Waals surface area contributed by atoms with E-state index in [9.17, 15) is 9.59 Å². The van der Waals surface area contributed by atoms with E-state index in [0.29, 0.717) is 26.1 Å². The van der Waals surface area contributed by atoms with Gasteiger partial charge in [-0.2, -0.15) is 0 Å². The van der Waals surface area contributed by atoms with Crippen molar-refractivity contribution in [3.05, 3.63) is 0 Å². The van der Waals surface area contributed by atoms with Gasteiger partial charge in [-0.05, 0) is 46.5 Å². The van der Waals surface area contributed by atoms with Gasteiger partial charge in [-0.25, -0.2) is 10.3 Å². The first kappa shape index (κ1) is 19.0. The second-order valence-electron chi connectivity index (χ2n) is 7.61. The minimum Gasteiger partial charge on any atom is -0.444 e. The smallest absolute Gasteiger partial charge is 0.410 e. The summed E-state index contributed by atoms with van der Waals surface area (Å²) in [6.45, 7) is 7.32. The number of carbonyl (C=O) groups excluding carboxylic acids is 2. The van der Waals surface area contributed by atoms with Gasteiger partial charge in [0.15, 0.2) is 0 Å². The summed E-state index contributed by atoms with van der Waals surface area (Å²) in [6, 6.07) is -0.115. The second kappa shape index (κ2) is 8.13. The molecule has 0 aromatic heterocycles. The van der Waals surface area contributed by atoms with Crippen molar-refractivity contribution in [1.82, 2.24) is 21.0 Å². The van der Waals surface area contributed by atoms with Crippen molar-refractivity contribution in [2.24, 2.45) is 0 Å². The fourth-order valence-corrected chi connectivity index (χ4v) is 3.03.